The number of likely N-dealkylation sites (tertiary alicyclic amines) is 1. The summed E-state index contributed by atoms with van der Waals surface area (Å²) in [6.07, 6.45) is 4.00. The molecule has 2 aromatic carbocycles. The van der Waals surface area contributed by atoms with Gasteiger partial charge in [0.05, 0.1) is 11.9 Å². The number of hydrogen-bond acceptors (Lipinski definition) is 5. The third kappa shape index (κ3) is 5.07. The fourth-order valence-corrected chi connectivity index (χ4v) is 3.87. The number of aromatic amines is 1. The number of nitrogens with one attached hydrogen (secondary N) is 2. The monoisotopic (exact) mass is 440 g/mol. The number of ether oxygens (including phenoxy) is 1. The van der Waals surface area contributed by atoms with Crippen LogP contribution in [0, 0.1) is 0 Å². The molecule has 1 fully saturated rings. The van der Waals surface area contributed by atoms with Gasteiger partial charge in [-0.05, 0) is 43.7 Å². The molecule has 0 bridgehead atoms. The summed E-state index contributed by atoms with van der Waals surface area (Å²) in [6, 6.07) is 12.3. The van der Waals surface area contributed by atoms with Gasteiger partial charge in [0.1, 0.15) is 11.9 Å². The van der Waals surface area contributed by atoms with E-state index in [2.05, 4.69) is 27.5 Å². The van der Waals surface area contributed by atoms with Gasteiger partial charge in [-0.3, -0.25) is 9.89 Å². The minimum atomic E-state index is -1.39. The van der Waals surface area contributed by atoms with Gasteiger partial charge in [0.25, 0.3) is 5.91 Å². The fourth-order valence-electron chi connectivity index (χ4n) is 3.63. The van der Waals surface area contributed by atoms with Crippen molar-refractivity contribution in [1.82, 2.24) is 15.1 Å². The lowest BCUT2D eigenvalue weighted by Crippen LogP contribution is -2.35. The topological polar surface area (TPSA) is 90.5 Å². The number of hydrogen-bond donors (Lipinski definition) is 3. The molecule has 1 unspecified atom stereocenters. The molecule has 0 aliphatic carbocycles. The maximum Gasteiger partial charge on any atom is 0.258 e. The number of nitrogens with zero attached hydrogens (tertiary/aromatic N) is 2. The van der Waals surface area contributed by atoms with E-state index in [4.69, 9.17) is 16.3 Å². The fraction of sp³-hybridized carbons (Fsp3) is 0.304. The van der Waals surface area contributed by atoms with E-state index >= 15 is 0 Å². The van der Waals surface area contributed by atoms with Crippen LogP contribution in [-0.4, -0.2) is 52.4 Å². The van der Waals surface area contributed by atoms with Crippen molar-refractivity contribution in [1.29, 1.82) is 0 Å². The summed E-state index contributed by atoms with van der Waals surface area (Å²) in [7, 11) is 2.09. The SMILES string of the molecule is CN1CCC(Oc2cc(-c3cn[nH]c3)ccc2NC(=O)C(O)c2ccccc2Cl)CC1. The Labute approximate surface area is 186 Å². The van der Waals surface area contributed by atoms with E-state index in [1.807, 2.05) is 12.1 Å². The van der Waals surface area contributed by atoms with Crippen LogP contribution in [0.2, 0.25) is 5.02 Å². The lowest BCUT2D eigenvalue weighted by atomic mass is 10.1. The summed E-state index contributed by atoms with van der Waals surface area (Å²) in [5.74, 6) is -0.00893. The van der Waals surface area contributed by atoms with Gasteiger partial charge in [-0.15, -0.1) is 0 Å². The highest BCUT2D eigenvalue weighted by Crippen LogP contribution is 2.34. The molecule has 4 rings (SSSR count). The van der Waals surface area contributed by atoms with Gasteiger partial charge >= 0.3 is 0 Å². The first-order valence-electron chi connectivity index (χ1n) is 10.2. The van der Waals surface area contributed by atoms with Gasteiger partial charge in [-0.1, -0.05) is 35.9 Å². The van der Waals surface area contributed by atoms with Gasteiger partial charge in [0, 0.05) is 35.4 Å². The van der Waals surface area contributed by atoms with Crippen LogP contribution in [0.1, 0.15) is 24.5 Å². The van der Waals surface area contributed by atoms with Crippen molar-refractivity contribution in [3.8, 4) is 16.9 Å². The molecule has 1 amide bonds. The number of carbonyl (C=O) groups excluding carboxylic acids is 1. The Morgan fingerprint density at radius 2 is 2.03 bits per heavy atom. The normalized spacial score (nSPS) is 16.1. The second-order valence-corrected chi connectivity index (χ2v) is 8.14. The molecular weight excluding hydrogens is 416 g/mol. The Bertz CT molecular complexity index is 1030. The quantitative estimate of drug-likeness (QED) is 0.541. The van der Waals surface area contributed by atoms with Crippen molar-refractivity contribution in [2.75, 3.05) is 25.5 Å². The van der Waals surface area contributed by atoms with Crippen LogP contribution in [0.25, 0.3) is 11.1 Å². The Hall–Kier alpha value is -2.87. The first kappa shape index (κ1) is 21.4. The Morgan fingerprint density at radius 1 is 1.26 bits per heavy atom. The highest BCUT2D eigenvalue weighted by atomic mass is 35.5. The molecule has 3 aromatic rings. The number of halogens is 1. The number of carbonyl (C=O) groups is 1. The smallest absolute Gasteiger partial charge is 0.258 e. The van der Waals surface area contributed by atoms with E-state index in [0.717, 1.165) is 37.1 Å². The van der Waals surface area contributed by atoms with Gasteiger partial charge in [0.15, 0.2) is 6.10 Å². The first-order valence-corrected chi connectivity index (χ1v) is 10.6. The average Bonchev–Trinajstić information content (AvgIpc) is 3.31. The predicted molar refractivity (Wildman–Crippen MR) is 120 cm³/mol. The van der Waals surface area contributed by atoms with Crippen LogP contribution >= 0.6 is 11.6 Å². The first-order chi connectivity index (χ1) is 15.0. The predicted octanol–water partition coefficient (Wildman–Crippen LogP) is 3.88. The zero-order valence-corrected chi connectivity index (χ0v) is 18.0. The maximum atomic E-state index is 12.8. The molecule has 1 aliphatic heterocycles. The molecule has 1 aromatic heterocycles. The molecule has 1 saturated heterocycles. The summed E-state index contributed by atoms with van der Waals surface area (Å²) in [6.45, 7) is 1.91. The van der Waals surface area contributed by atoms with Crippen molar-refractivity contribution in [2.24, 2.45) is 0 Å². The van der Waals surface area contributed by atoms with E-state index in [1.165, 1.54) is 0 Å². The number of aliphatic hydroxyl groups excluding tert-OH is 1. The van der Waals surface area contributed by atoms with E-state index in [1.54, 1.807) is 42.7 Å². The average molecular weight is 441 g/mol. The van der Waals surface area contributed by atoms with Crippen LogP contribution in [0.5, 0.6) is 5.75 Å². The van der Waals surface area contributed by atoms with Crippen LogP contribution in [-0.2, 0) is 4.79 Å². The molecule has 162 valence electrons. The lowest BCUT2D eigenvalue weighted by molar-refractivity contribution is -0.124. The van der Waals surface area contributed by atoms with Crippen molar-refractivity contribution < 1.29 is 14.6 Å². The number of aromatic nitrogens is 2. The highest BCUT2D eigenvalue weighted by molar-refractivity contribution is 6.31. The van der Waals surface area contributed by atoms with Crippen molar-refractivity contribution in [2.45, 2.75) is 25.0 Å². The van der Waals surface area contributed by atoms with Gasteiger partial charge < -0.3 is 20.1 Å². The largest absolute Gasteiger partial charge is 0.488 e. The molecule has 1 aliphatic rings. The van der Waals surface area contributed by atoms with E-state index in [9.17, 15) is 9.90 Å². The number of aliphatic hydroxyl groups is 1. The standard InChI is InChI=1S/C23H25ClN4O3/c1-28-10-8-17(9-11-28)31-21-12-15(16-13-25-26-14-16)6-7-20(21)27-23(30)22(29)18-4-2-3-5-19(18)24/h2-7,12-14,17,22,29H,8-11H2,1H3,(H,25,26)(H,27,30). The molecule has 8 heteroatoms. The van der Waals surface area contributed by atoms with Crippen molar-refractivity contribution in [3.05, 3.63) is 65.4 Å². The van der Waals surface area contributed by atoms with E-state index < -0.39 is 12.0 Å². The van der Waals surface area contributed by atoms with Crippen molar-refractivity contribution >= 4 is 23.2 Å². The van der Waals surface area contributed by atoms with Gasteiger partial charge in [0.2, 0.25) is 0 Å². The summed E-state index contributed by atoms with van der Waals surface area (Å²) < 4.78 is 6.30. The van der Waals surface area contributed by atoms with Crippen LogP contribution in [0.4, 0.5) is 5.69 Å². The zero-order chi connectivity index (χ0) is 21.8. The van der Waals surface area contributed by atoms with Crippen LogP contribution < -0.4 is 10.1 Å². The zero-order valence-electron chi connectivity index (χ0n) is 17.2. The molecule has 7 nitrogen and oxygen atoms in total. The third-order valence-corrected chi connectivity index (χ3v) is 5.82. The number of piperidine rings is 1. The van der Waals surface area contributed by atoms with Gasteiger partial charge in [-0.2, -0.15) is 5.10 Å². The van der Waals surface area contributed by atoms with E-state index in [-0.39, 0.29) is 6.10 Å². The molecule has 0 radical (unpaired) electrons. The summed E-state index contributed by atoms with van der Waals surface area (Å²) >= 11 is 6.14. The van der Waals surface area contributed by atoms with Crippen molar-refractivity contribution in [3.63, 3.8) is 0 Å². The number of H-pyrrole nitrogens is 1. The third-order valence-electron chi connectivity index (χ3n) is 5.48. The Kier molecular flexibility index (Phi) is 6.56. The number of amides is 1. The minimum Gasteiger partial charge on any atom is -0.488 e. The van der Waals surface area contributed by atoms with Crippen LogP contribution in [0.3, 0.4) is 0 Å². The van der Waals surface area contributed by atoms with Gasteiger partial charge in [-0.25, -0.2) is 0 Å². The Balaban J connectivity index is 1.58. The molecule has 3 N–H and O–H groups in total. The number of rotatable bonds is 6. The highest BCUT2D eigenvalue weighted by Gasteiger charge is 2.23. The summed E-state index contributed by atoms with van der Waals surface area (Å²) in [5, 5.41) is 20.5. The maximum absolute atomic E-state index is 12.8. The second kappa shape index (κ2) is 9.51. The second-order valence-electron chi connectivity index (χ2n) is 7.73. The number of benzene rings is 2. The Morgan fingerprint density at radius 3 is 2.74 bits per heavy atom. The molecule has 1 atom stereocenters. The molecule has 2 heterocycles. The van der Waals surface area contributed by atoms with Crippen LogP contribution in [0.15, 0.2) is 54.9 Å². The molecular formula is C23H25ClN4O3. The summed E-state index contributed by atoms with van der Waals surface area (Å²) in [4.78, 5) is 15.0. The summed E-state index contributed by atoms with van der Waals surface area (Å²) in [5.41, 5.74) is 2.69. The molecule has 0 saturated carbocycles. The minimum absolute atomic E-state index is 0.0555. The van der Waals surface area contributed by atoms with E-state index in [0.29, 0.717) is 22.0 Å². The molecule has 31 heavy (non-hydrogen) atoms. The lowest BCUT2D eigenvalue weighted by Gasteiger charge is -2.30. The number of anilines is 1. The molecule has 0 spiro atoms.